The van der Waals surface area contributed by atoms with Gasteiger partial charge in [-0.05, 0) is 72.7 Å². The zero-order valence-electron chi connectivity index (χ0n) is 24.2. The van der Waals surface area contributed by atoms with Crippen molar-refractivity contribution in [1.82, 2.24) is 9.80 Å². The fourth-order valence-corrected chi connectivity index (χ4v) is 6.01. The minimum absolute atomic E-state index is 0.00369. The highest BCUT2D eigenvalue weighted by Gasteiger charge is 2.45. The Bertz CT molecular complexity index is 1250. The van der Waals surface area contributed by atoms with Gasteiger partial charge < -0.3 is 14.4 Å². The van der Waals surface area contributed by atoms with E-state index in [1.165, 1.54) is 21.9 Å². The maximum atomic E-state index is 13.5. The summed E-state index contributed by atoms with van der Waals surface area (Å²) in [7, 11) is -4.20. The van der Waals surface area contributed by atoms with E-state index >= 15 is 0 Å². The van der Waals surface area contributed by atoms with E-state index in [0.29, 0.717) is 5.75 Å². The molecule has 2 amide bonds. The van der Waals surface area contributed by atoms with Crippen LogP contribution in [0.4, 0.5) is 9.59 Å². The largest absolute Gasteiger partial charge is 0.444 e. The van der Waals surface area contributed by atoms with Gasteiger partial charge >= 0.3 is 12.2 Å². The van der Waals surface area contributed by atoms with E-state index in [1.54, 1.807) is 65.4 Å². The third-order valence-electron chi connectivity index (χ3n) is 5.82. The highest BCUT2D eigenvalue weighted by molar-refractivity contribution is 7.99. The summed E-state index contributed by atoms with van der Waals surface area (Å²) in [6, 6.07) is 15.3. The lowest BCUT2D eigenvalue weighted by Crippen LogP contribution is -2.50. The van der Waals surface area contributed by atoms with Crippen molar-refractivity contribution in [3.05, 3.63) is 60.2 Å². The Morgan fingerprint density at radius 2 is 1.52 bits per heavy atom. The lowest BCUT2D eigenvalue weighted by Gasteiger charge is -2.33. The number of nitrogens with zero attached hydrogens (tertiary/aromatic N) is 2. The summed E-state index contributed by atoms with van der Waals surface area (Å²) in [5, 5.41) is 0. The molecule has 0 bridgehead atoms. The molecule has 2 atom stereocenters. The standard InChI is InChI=1S/C29H40N2O7S2/c1-21-13-15-23(16-14-21)40(34,35)38-25-20-30(26(32)36-28(2,3)4)19-24(25)31(27(33)37-29(5,6)7)17-18-39-22-11-9-8-10-12-22/h8-16,24-25H,17-20H2,1-7H3/t24-,25-/m0/s1. The summed E-state index contributed by atoms with van der Waals surface area (Å²) in [5.41, 5.74) is -0.632. The molecule has 0 spiro atoms. The average Bonchev–Trinajstić information content (AvgIpc) is 3.23. The second kappa shape index (κ2) is 12.8. The number of carbonyl (C=O) groups excluding carboxylic acids is 2. The van der Waals surface area contributed by atoms with Gasteiger partial charge in [0.25, 0.3) is 10.1 Å². The van der Waals surface area contributed by atoms with Crippen molar-refractivity contribution < 1.29 is 31.7 Å². The number of amides is 2. The zero-order valence-corrected chi connectivity index (χ0v) is 25.9. The van der Waals surface area contributed by atoms with Gasteiger partial charge in [-0.2, -0.15) is 8.42 Å². The molecule has 40 heavy (non-hydrogen) atoms. The molecule has 1 aliphatic heterocycles. The van der Waals surface area contributed by atoms with Crippen LogP contribution in [0.25, 0.3) is 0 Å². The van der Waals surface area contributed by atoms with Crippen LogP contribution in [-0.2, 0) is 23.8 Å². The number of thioether (sulfide) groups is 1. The van der Waals surface area contributed by atoms with Gasteiger partial charge in [0.15, 0.2) is 0 Å². The van der Waals surface area contributed by atoms with Gasteiger partial charge in [0.1, 0.15) is 17.3 Å². The number of hydrogen-bond donors (Lipinski definition) is 0. The molecule has 220 valence electrons. The molecular weight excluding hydrogens is 552 g/mol. The Kier molecular flexibility index (Phi) is 10.2. The lowest BCUT2D eigenvalue weighted by molar-refractivity contribution is 0.00798. The van der Waals surface area contributed by atoms with E-state index in [0.717, 1.165) is 10.5 Å². The molecule has 0 aromatic heterocycles. The van der Waals surface area contributed by atoms with Crippen molar-refractivity contribution in [2.24, 2.45) is 0 Å². The molecule has 1 saturated heterocycles. The fraction of sp³-hybridized carbons (Fsp3) is 0.517. The molecule has 0 unspecified atom stereocenters. The first-order chi connectivity index (χ1) is 18.5. The van der Waals surface area contributed by atoms with Crippen LogP contribution in [0.5, 0.6) is 0 Å². The van der Waals surface area contributed by atoms with Crippen molar-refractivity contribution in [1.29, 1.82) is 0 Å². The first kappa shape index (κ1) is 31.8. The van der Waals surface area contributed by atoms with E-state index < -0.39 is 45.7 Å². The SMILES string of the molecule is Cc1ccc(S(=O)(=O)O[C@H]2CN(C(=O)OC(C)(C)C)C[C@@H]2N(CCSc2ccccc2)C(=O)OC(C)(C)C)cc1. The van der Waals surface area contributed by atoms with Gasteiger partial charge in [-0.3, -0.25) is 9.08 Å². The fourth-order valence-electron chi connectivity index (χ4n) is 4.04. The molecule has 1 aliphatic rings. The normalized spacial score (nSPS) is 17.9. The third-order valence-corrected chi connectivity index (χ3v) is 8.16. The van der Waals surface area contributed by atoms with Gasteiger partial charge in [-0.15, -0.1) is 11.8 Å². The quantitative estimate of drug-likeness (QED) is 0.283. The Morgan fingerprint density at radius 3 is 2.10 bits per heavy atom. The minimum atomic E-state index is -4.20. The molecule has 2 aromatic rings. The number of benzene rings is 2. The van der Waals surface area contributed by atoms with Gasteiger partial charge in [-0.25, -0.2) is 9.59 Å². The number of rotatable bonds is 8. The summed E-state index contributed by atoms with van der Waals surface area (Å²) in [4.78, 5) is 30.4. The number of aryl methyl sites for hydroxylation is 1. The van der Waals surface area contributed by atoms with Crippen molar-refractivity contribution in [2.75, 3.05) is 25.4 Å². The molecule has 0 radical (unpaired) electrons. The Hall–Kier alpha value is -2.76. The van der Waals surface area contributed by atoms with Gasteiger partial charge in [-0.1, -0.05) is 35.9 Å². The molecule has 0 aliphatic carbocycles. The Morgan fingerprint density at radius 1 is 0.925 bits per heavy atom. The molecule has 0 saturated carbocycles. The Balaban J connectivity index is 1.91. The minimum Gasteiger partial charge on any atom is -0.444 e. The van der Waals surface area contributed by atoms with Crippen molar-refractivity contribution >= 4 is 34.1 Å². The second-order valence-electron chi connectivity index (χ2n) is 11.7. The van der Waals surface area contributed by atoms with Crippen LogP contribution in [0.15, 0.2) is 64.4 Å². The van der Waals surface area contributed by atoms with Crippen LogP contribution in [0, 0.1) is 6.92 Å². The average molecular weight is 593 g/mol. The molecule has 1 heterocycles. The molecule has 2 aromatic carbocycles. The topological polar surface area (TPSA) is 102 Å². The molecule has 11 heteroatoms. The van der Waals surface area contributed by atoms with Crippen LogP contribution in [0.1, 0.15) is 47.1 Å². The summed E-state index contributed by atoms with van der Waals surface area (Å²) < 4.78 is 43.5. The number of carbonyl (C=O) groups is 2. The number of likely N-dealkylation sites (tertiary alicyclic amines) is 1. The van der Waals surface area contributed by atoms with Gasteiger partial charge in [0.2, 0.25) is 0 Å². The van der Waals surface area contributed by atoms with Crippen molar-refractivity contribution in [2.45, 2.75) is 81.6 Å². The number of hydrogen-bond acceptors (Lipinski definition) is 8. The maximum absolute atomic E-state index is 13.5. The molecular formula is C29H40N2O7S2. The van der Waals surface area contributed by atoms with E-state index in [9.17, 15) is 18.0 Å². The first-order valence-corrected chi connectivity index (χ1v) is 15.6. The predicted octanol–water partition coefficient (Wildman–Crippen LogP) is 5.72. The van der Waals surface area contributed by atoms with Crippen LogP contribution in [-0.4, -0.2) is 79.1 Å². The molecule has 9 nitrogen and oxygen atoms in total. The Labute approximate surface area is 242 Å². The zero-order chi connectivity index (χ0) is 29.7. The molecule has 1 fully saturated rings. The molecule has 3 rings (SSSR count). The van der Waals surface area contributed by atoms with E-state index in [2.05, 4.69) is 0 Å². The second-order valence-corrected chi connectivity index (χ2v) is 14.4. The van der Waals surface area contributed by atoms with Gasteiger partial charge in [0, 0.05) is 23.7 Å². The molecule has 0 N–H and O–H groups in total. The van der Waals surface area contributed by atoms with Crippen LogP contribution < -0.4 is 0 Å². The lowest BCUT2D eigenvalue weighted by atomic mass is 10.2. The summed E-state index contributed by atoms with van der Waals surface area (Å²) in [5.74, 6) is 0.517. The maximum Gasteiger partial charge on any atom is 0.410 e. The predicted molar refractivity (Wildman–Crippen MR) is 155 cm³/mol. The van der Waals surface area contributed by atoms with Gasteiger partial charge in [0.05, 0.1) is 17.5 Å². The summed E-state index contributed by atoms with van der Waals surface area (Å²) in [6.07, 6.45) is -2.26. The van der Waals surface area contributed by atoms with Crippen LogP contribution >= 0.6 is 11.8 Å². The summed E-state index contributed by atoms with van der Waals surface area (Å²) in [6.45, 7) is 12.6. The van der Waals surface area contributed by atoms with E-state index in [-0.39, 0.29) is 24.5 Å². The highest BCUT2D eigenvalue weighted by Crippen LogP contribution is 2.28. The first-order valence-electron chi connectivity index (χ1n) is 13.2. The van der Waals surface area contributed by atoms with Crippen molar-refractivity contribution in [3.63, 3.8) is 0 Å². The smallest absolute Gasteiger partial charge is 0.410 e. The highest BCUT2D eigenvalue weighted by atomic mass is 32.2. The van der Waals surface area contributed by atoms with Crippen LogP contribution in [0.3, 0.4) is 0 Å². The van der Waals surface area contributed by atoms with Crippen molar-refractivity contribution in [3.8, 4) is 0 Å². The van der Waals surface area contributed by atoms with E-state index in [4.69, 9.17) is 13.7 Å². The monoisotopic (exact) mass is 592 g/mol. The van der Waals surface area contributed by atoms with Crippen LogP contribution in [0.2, 0.25) is 0 Å². The third kappa shape index (κ3) is 9.42. The summed E-state index contributed by atoms with van der Waals surface area (Å²) >= 11 is 1.56. The van der Waals surface area contributed by atoms with E-state index in [1.807, 2.05) is 37.3 Å². The number of ether oxygens (including phenoxy) is 2.